The molecule has 0 heterocycles. The summed E-state index contributed by atoms with van der Waals surface area (Å²) in [6.07, 6.45) is -0.703. The number of carbonyl (C=O) groups excluding carboxylic acids is 2. The highest BCUT2D eigenvalue weighted by atomic mass is 35.5. The van der Waals surface area contributed by atoms with Crippen LogP contribution in [0, 0.1) is 0 Å². The van der Waals surface area contributed by atoms with Gasteiger partial charge in [0.15, 0.2) is 6.54 Å². The van der Waals surface area contributed by atoms with Crippen LogP contribution in [0.3, 0.4) is 0 Å². The van der Waals surface area contributed by atoms with Crippen LogP contribution in [-0.2, 0) is 16.1 Å². The molecule has 0 radical (unpaired) electrons. The van der Waals surface area contributed by atoms with Crippen LogP contribution in [0.1, 0.15) is 19.4 Å². The first-order valence-electron chi connectivity index (χ1n) is 6.60. The number of halogens is 1. The van der Waals surface area contributed by atoms with Crippen molar-refractivity contribution in [2.24, 2.45) is 0 Å². The standard InChI is InChI=1S/C14H19ClN2O3/c1-3-17(9-11-7-5-6-8-12(11)15)10-13(18)16-14(19)20-4-2/h5-8H,3-4,9-10H2,1-2H3,(H,16,18,19)/p+1. The number of rotatable bonds is 6. The zero-order valence-electron chi connectivity index (χ0n) is 11.7. The minimum Gasteiger partial charge on any atom is -0.450 e. The Morgan fingerprint density at radius 1 is 1.30 bits per heavy atom. The zero-order valence-corrected chi connectivity index (χ0v) is 12.5. The molecule has 0 saturated heterocycles. The van der Waals surface area contributed by atoms with E-state index < -0.39 is 6.09 Å². The zero-order chi connectivity index (χ0) is 15.0. The van der Waals surface area contributed by atoms with Gasteiger partial charge in [-0.15, -0.1) is 0 Å². The molecule has 110 valence electrons. The number of nitrogens with one attached hydrogen (secondary N) is 2. The van der Waals surface area contributed by atoms with E-state index in [9.17, 15) is 9.59 Å². The van der Waals surface area contributed by atoms with Crippen molar-refractivity contribution in [2.45, 2.75) is 20.4 Å². The Bertz CT molecular complexity index is 465. The second-order valence-corrected chi connectivity index (χ2v) is 4.72. The normalized spacial score (nSPS) is 11.8. The van der Waals surface area contributed by atoms with Gasteiger partial charge in [0.25, 0.3) is 5.91 Å². The van der Waals surface area contributed by atoms with Gasteiger partial charge < -0.3 is 9.64 Å². The molecule has 20 heavy (non-hydrogen) atoms. The molecule has 0 spiro atoms. The van der Waals surface area contributed by atoms with Gasteiger partial charge in [-0.05, 0) is 19.9 Å². The van der Waals surface area contributed by atoms with Gasteiger partial charge in [0, 0.05) is 10.6 Å². The molecule has 0 aliphatic heterocycles. The maximum atomic E-state index is 11.7. The maximum absolute atomic E-state index is 11.7. The maximum Gasteiger partial charge on any atom is 0.414 e. The highest BCUT2D eigenvalue weighted by molar-refractivity contribution is 6.31. The summed E-state index contributed by atoms with van der Waals surface area (Å²) in [5, 5.41) is 2.88. The molecule has 1 rings (SSSR count). The van der Waals surface area contributed by atoms with Gasteiger partial charge in [0.1, 0.15) is 6.54 Å². The number of benzene rings is 1. The molecule has 6 heteroatoms. The topological polar surface area (TPSA) is 59.8 Å². The van der Waals surface area contributed by atoms with Gasteiger partial charge in [-0.3, -0.25) is 10.1 Å². The lowest BCUT2D eigenvalue weighted by Gasteiger charge is -2.17. The third kappa shape index (κ3) is 5.59. The molecule has 0 fully saturated rings. The number of alkyl carbamates (subject to hydrolysis) is 1. The third-order valence-corrected chi connectivity index (χ3v) is 3.19. The minimum absolute atomic E-state index is 0.195. The van der Waals surface area contributed by atoms with E-state index in [0.29, 0.717) is 11.6 Å². The Morgan fingerprint density at radius 2 is 2.00 bits per heavy atom. The van der Waals surface area contributed by atoms with Crippen LogP contribution in [0.5, 0.6) is 0 Å². The fourth-order valence-electron chi connectivity index (χ4n) is 1.78. The highest BCUT2D eigenvalue weighted by Gasteiger charge is 2.16. The second-order valence-electron chi connectivity index (χ2n) is 4.32. The molecule has 1 atom stereocenters. The van der Waals surface area contributed by atoms with Crippen molar-refractivity contribution in [2.75, 3.05) is 19.7 Å². The Kier molecular flexibility index (Phi) is 7.04. The minimum atomic E-state index is -0.703. The number of quaternary nitrogens is 1. The number of likely N-dealkylation sites (N-methyl/N-ethyl adjacent to an activating group) is 1. The molecule has 2 N–H and O–H groups in total. The lowest BCUT2D eigenvalue weighted by molar-refractivity contribution is -0.904. The first-order valence-corrected chi connectivity index (χ1v) is 6.98. The molecule has 1 aromatic rings. The summed E-state index contributed by atoms with van der Waals surface area (Å²) in [4.78, 5) is 23.9. The summed E-state index contributed by atoms with van der Waals surface area (Å²) in [6.45, 7) is 5.48. The van der Waals surface area contributed by atoms with E-state index in [0.717, 1.165) is 17.0 Å². The van der Waals surface area contributed by atoms with Gasteiger partial charge in [-0.25, -0.2) is 4.79 Å². The van der Waals surface area contributed by atoms with Crippen molar-refractivity contribution in [3.05, 3.63) is 34.9 Å². The first kappa shape index (κ1) is 16.5. The molecule has 0 saturated carbocycles. The SMILES string of the molecule is CCOC(=O)NC(=O)C[NH+](CC)Cc1ccccc1Cl. The molecule has 0 aromatic heterocycles. The van der Waals surface area contributed by atoms with Crippen LogP contribution >= 0.6 is 11.6 Å². The largest absolute Gasteiger partial charge is 0.450 e. The third-order valence-electron chi connectivity index (χ3n) is 2.83. The quantitative estimate of drug-likeness (QED) is 0.824. The number of imide groups is 1. The summed E-state index contributed by atoms with van der Waals surface area (Å²) < 4.78 is 4.66. The fraction of sp³-hybridized carbons (Fsp3) is 0.429. The molecule has 5 nitrogen and oxygen atoms in total. The number of hydrogen-bond donors (Lipinski definition) is 2. The molecule has 0 aliphatic rings. The van der Waals surface area contributed by atoms with Gasteiger partial charge >= 0.3 is 6.09 Å². The van der Waals surface area contributed by atoms with Crippen LogP contribution in [0.15, 0.2) is 24.3 Å². The van der Waals surface area contributed by atoms with Crippen LogP contribution in [0.25, 0.3) is 0 Å². The summed E-state index contributed by atoms with van der Waals surface area (Å²) in [6, 6.07) is 7.53. The van der Waals surface area contributed by atoms with Crippen molar-refractivity contribution in [1.29, 1.82) is 0 Å². The van der Waals surface area contributed by atoms with Gasteiger partial charge in [-0.2, -0.15) is 0 Å². The molecule has 1 aromatic carbocycles. The van der Waals surface area contributed by atoms with Crippen LogP contribution in [-0.4, -0.2) is 31.7 Å². The average molecular weight is 300 g/mol. The molecule has 2 amide bonds. The number of ether oxygens (including phenoxy) is 1. The van der Waals surface area contributed by atoms with Crippen molar-refractivity contribution < 1.29 is 19.2 Å². The van der Waals surface area contributed by atoms with Gasteiger partial charge in [0.05, 0.1) is 13.2 Å². The van der Waals surface area contributed by atoms with E-state index in [1.165, 1.54) is 0 Å². The summed E-state index contributed by atoms with van der Waals surface area (Å²) in [7, 11) is 0. The van der Waals surface area contributed by atoms with E-state index >= 15 is 0 Å². The van der Waals surface area contributed by atoms with E-state index in [4.69, 9.17) is 11.6 Å². The highest BCUT2D eigenvalue weighted by Crippen LogP contribution is 2.13. The summed E-state index contributed by atoms with van der Waals surface area (Å²) in [5.74, 6) is -0.354. The predicted molar refractivity (Wildman–Crippen MR) is 76.7 cm³/mol. The second kappa shape index (κ2) is 8.55. The fourth-order valence-corrected chi connectivity index (χ4v) is 1.98. The Morgan fingerprint density at radius 3 is 2.60 bits per heavy atom. The molecule has 0 aliphatic carbocycles. The average Bonchev–Trinajstić information content (AvgIpc) is 2.40. The van der Waals surface area contributed by atoms with Crippen LogP contribution < -0.4 is 10.2 Å². The number of carbonyl (C=O) groups is 2. The van der Waals surface area contributed by atoms with Gasteiger partial charge in [-0.1, -0.05) is 29.8 Å². The Labute approximate surface area is 123 Å². The van der Waals surface area contributed by atoms with Crippen LogP contribution in [0.4, 0.5) is 4.79 Å². The van der Waals surface area contributed by atoms with Crippen molar-refractivity contribution in [3.63, 3.8) is 0 Å². The van der Waals surface area contributed by atoms with Crippen LogP contribution in [0.2, 0.25) is 5.02 Å². The van der Waals surface area contributed by atoms with E-state index in [1.54, 1.807) is 6.92 Å². The number of amides is 2. The Hall–Kier alpha value is -1.59. The molecule has 0 bridgehead atoms. The van der Waals surface area contributed by atoms with Crippen molar-refractivity contribution in [1.82, 2.24) is 5.32 Å². The number of hydrogen-bond acceptors (Lipinski definition) is 3. The molecular weight excluding hydrogens is 280 g/mol. The van der Waals surface area contributed by atoms with E-state index in [1.807, 2.05) is 31.2 Å². The summed E-state index contributed by atoms with van der Waals surface area (Å²) >= 11 is 6.10. The van der Waals surface area contributed by atoms with Gasteiger partial charge in [0.2, 0.25) is 0 Å². The smallest absolute Gasteiger partial charge is 0.414 e. The lowest BCUT2D eigenvalue weighted by Crippen LogP contribution is -3.11. The predicted octanol–water partition coefficient (Wildman–Crippen LogP) is 1.02. The summed E-state index contributed by atoms with van der Waals surface area (Å²) in [5.41, 5.74) is 0.981. The van der Waals surface area contributed by atoms with Crippen molar-refractivity contribution in [3.8, 4) is 0 Å². The Balaban J connectivity index is 2.53. The molecule has 1 unspecified atom stereocenters. The van der Waals surface area contributed by atoms with E-state index in [2.05, 4.69) is 10.1 Å². The monoisotopic (exact) mass is 299 g/mol. The van der Waals surface area contributed by atoms with E-state index in [-0.39, 0.29) is 19.1 Å². The first-order chi connectivity index (χ1) is 9.56. The lowest BCUT2D eigenvalue weighted by atomic mass is 10.2. The molecular formula is C14H20ClN2O3+. The van der Waals surface area contributed by atoms with Crippen molar-refractivity contribution >= 4 is 23.6 Å².